The number of phosphoric acid groups is 1. The number of hydrogen-bond acceptors (Lipinski definition) is 7. The summed E-state index contributed by atoms with van der Waals surface area (Å²) < 4.78 is 27.9. The maximum Gasteiger partial charge on any atom is 0.472 e. The first-order valence-electron chi connectivity index (χ1n) is 7.40. The van der Waals surface area contributed by atoms with Crippen LogP contribution in [0.3, 0.4) is 0 Å². The van der Waals surface area contributed by atoms with Gasteiger partial charge in [0.25, 0.3) is 5.56 Å². The zero-order chi connectivity index (χ0) is 18.1. The number of rotatable bonds is 6. The van der Waals surface area contributed by atoms with E-state index in [0.717, 1.165) is 4.57 Å². The van der Waals surface area contributed by atoms with Crippen LogP contribution in [0.2, 0.25) is 0 Å². The molecule has 136 valence electrons. The second-order valence-corrected chi connectivity index (χ2v) is 7.24. The van der Waals surface area contributed by atoms with E-state index >= 15 is 0 Å². The molecule has 1 aromatic rings. The van der Waals surface area contributed by atoms with Gasteiger partial charge >= 0.3 is 13.5 Å². The summed E-state index contributed by atoms with van der Waals surface area (Å²) >= 11 is 0. The summed E-state index contributed by atoms with van der Waals surface area (Å²) in [5.74, 6) is 0. The van der Waals surface area contributed by atoms with Gasteiger partial charge in [0, 0.05) is 18.2 Å². The maximum absolute atomic E-state index is 11.8. The molecule has 0 saturated carbocycles. The van der Waals surface area contributed by atoms with Gasteiger partial charge in [-0.1, -0.05) is 0 Å². The molecule has 10 nitrogen and oxygen atoms in total. The van der Waals surface area contributed by atoms with E-state index in [2.05, 4.69) is 4.98 Å². The average molecular weight is 364 g/mol. The number of aromatic amines is 1. The lowest BCUT2D eigenvalue weighted by Crippen LogP contribution is -2.33. The van der Waals surface area contributed by atoms with Gasteiger partial charge in [0.15, 0.2) is 0 Å². The van der Waals surface area contributed by atoms with E-state index in [1.54, 1.807) is 13.8 Å². The van der Waals surface area contributed by atoms with Crippen LogP contribution < -0.4 is 11.2 Å². The molecule has 0 bridgehead atoms. The lowest BCUT2D eigenvalue weighted by atomic mass is 10.2. The van der Waals surface area contributed by atoms with Crippen molar-refractivity contribution < 1.29 is 28.3 Å². The van der Waals surface area contributed by atoms with Crippen molar-refractivity contribution in [1.82, 2.24) is 9.55 Å². The Bertz CT molecular complexity index is 742. The Balaban J connectivity index is 2.05. The van der Waals surface area contributed by atoms with Crippen LogP contribution in [0.4, 0.5) is 0 Å². The van der Waals surface area contributed by atoms with Crippen molar-refractivity contribution in [2.45, 2.75) is 51.7 Å². The number of aromatic nitrogens is 2. The van der Waals surface area contributed by atoms with Crippen molar-refractivity contribution in [3.05, 3.63) is 32.6 Å². The highest BCUT2D eigenvalue weighted by molar-refractivity contribution is 7.47. The molecule has 1 aliphatic rings. The number of nitrogens with zero attached hydrogens (tertiary/aromatic N) is 1. The van der Waals surface area contributed by atoms with Gasteiger partial charge in [-0.15, -0.1) is 0 Å². The fourth-order valence-corrected chi connectivity index (χ4v) is 3.23. The Labute approximate surface area is 137 Å². The van der Waals surface area contributed by atoms with Crippen molar-refractivity contribution in [1.29, 1.82) is 0 Å². The topological polar surface area (TPSA) is 140 Å². The zero-order valence-electron chi connectivity index (χ0n) is 13.5. The van der Waals surface area contributed by atoms with Crippen LogP contribution in [0.1, 0.15) is 32.1 Å². The van der Waals surface area contributed by atoms with Gasteiger partial charge in [0.05, 0.1) is 18.8 Å². The van der Waals surface area contributed by atoms with Crippen LogP contribution in [0.25, 0.3) is 0 Å². The van der Waals surface area contributed by atoms with Gasteiger partial charge in [-0.25, -0.2) is 9.36 Å². The summed E-state index contributed by atoms with van der Waals surface area (Å²) in [5, 5.41) is 10.0. The highest BCUT2D eigenvalue weighted by Gasteiger charge is 2.37. The third kappa shape index (κ3) is 4.62. The number of aliphatic hydroxyl groups is 1. The Kier molecular flexibility index (Phi) is 5.79. The fourth-order valence-electron chi connectivity index (χ4n) is 2.30. The third-order valence-corrected chi connectivity index (χ3v) is 4.57. The molecule has 24 heavy (non-hydrogen) atoms. The van der Waals surface area contributed by atoms with E-state index in [-0.39, 0.29) is 13.0 Å². The Morgan fingerprint density at radius 3 is 2.79 bits per heavy atom. The van der Waals surface area contributed by atoms with Crippen LogP contribution >= 0.6 is 7.82 Å². The number of ether oxygens (including phenoxy) is 1. The first-order valence-corrected chi connectivity index (χ1v) is 8.90. The normalized spacial score (nSPS) is 26.7. The molecular weight excluding hydrogens is 343 g/mol. The van der Waals surface area contributed by atoms with Crippen LogP contribution in [0, 0.1) is 6.92 Å². The second kappa shape index (κ2) is 7.30. The molecule has 0 radical (unpaired) electrons. The molecule has 4 atom stereocenters. The summed E-state index contributed by atoms with van der Waals surface area (Å²) in [7, 11) is -4.25. The predicted octanol–water partition coefficient (Wildman–Crippen LogP) is 0.0354. The largest absolute Gasteiger partial charge is 0.472 e. The van der Waals surface area contributed by atoms with Gasteiger partial charge in [0.2, 0.25) is 0 Å². The van der Waals surface area contributed by atoms with Gasteiger partial charge < -0.3 is 14.7 Å². The molecule has 1 saturated heterocycles. The number of hydrogen-bond donors (Lipinski definition) is 3. The van der Waals surface area contributed by atoms with Gasteiger partial charge in [0.1, 0.15) is 12.3 Å². The quantitative estimate of drug-likeness (QED) is 0.601. The van der Waals surface area contributed by atoms with E-state index in [0.29, 0.717) is 5.56 Å². The van der Waals surface area contributed by atoms with Gasteiger partial charge in [-0.2, -0.15) is 0 Å². The lowest BCUT2D eigenvalue weighted by molar-refractivity contribution is -0.0475. The fraction of sp³-hybridized carbons (Fsp3) is 0.692. The van der Waals surface area contributed by atoms with Gasteiger partial charge in [-0.3, -0.25) is 23.4 Å². The first kappa shape index (κ1) is 19.0. The van der Waals surface area contributed by atoms with E-state index in [4.69, 9.17) is 13.8 Å². The number of H-pyrrole nitrogens is 1. The van der Waals surface area contributed by atoms with Crippen LogP contribution in [0.5, 0.6) is 0 Å². The summed E-state index contributed by atoms with van der Waals surface area (Å²) in [6.45, 7) is 4.31. The van der Waals surface area contributed by atoms with Crippen molar-refractivity contribution in [2.24, 2.45) is 0 Å². The molecule has 1 unspecified atom stereocenters. The van der Waals surface area contributed by atoms with Crippen molar-refractivity contribution in [3.8, 4) is 0 Å². The standard InChI is InChI=1S/C13H21N2O8P/c1-7(2)23-24(19,20)21-6-10-9(16)4-11(22-10)15-5-8(3)12(17)14-13(15)18/h5,7,9-11,16H,4,6H2,1-3H3,(H,19,20)(H,14,17,18)/t9-,10+,11+/m0/s1. The third-order valence-electron chi connectivity index (χ3n) is 3.41. The number of phosphoric ester groups is 1. The van der Waals surface area contributed by atoms with E-state index in [1.807, 2.05) is 0 Å². The molecular formula is C13H21N2O8P. The minimum Gasteiger partial charge on any atom is -0.390 e. The summed E-state index contributed by atoms with van der Waals surface area (Å²) in [4.78, 5) is 34.9. The molecule has 0 amide bonds. The molecule has 0 aromatic carbocycles. The van der Waals surface area contributed by atoms with Crippen molar-refractivity contribution in [3.63, 3.8) is 0 Å². The summed E-state index contributed by atoms with van der Waals surface area (Å²) in [6, 6.07) is 0. The van der Waals surface area contributed by atoms with E-state index in [1.165, 1.54) is 13.1 Å². The minimum absolute atomic E-state index is 0.0696. The summed E-state index contributed by atoms with van der Waals surface area (Å²) in [5.41, 5.74) is -0.848. The van der Waals surface area contributed by atoms with Crippen molar-refractivity contribution in [2.75, 3.05) is 6.61 Å². The van der Waals surface area contributed by atoms with Gasteiger partial charge in [-0.05, 0) is 20.8 Å². The Morgan fingerprint density at radius 2 is 2.17 bits per heavy atom. The van der Waals surface area contributed by atoms with Crippen LogP contribution in [-0.2, 0) is 18.3 Å². The molecule has 3 N–H and O–H groups in total. The van der Waals surface area contributed by atoms with E-state index in [9.17, 15) is 24.2 Å². The predicted molar refractivity (Wildman–Crippen MR) is 82.6 cm³/mol. The number of nitrogens with one attached hydrogen (secondary N) is 1. The molecule has 2 rings (SSSR count). The van der Waals surface area contributed by atoms with Crippen molar-refractivity contribution >= 4 is 7.82 Å². The monoisotopic (exact) mass is 364 g/mol. The Hall–Kier alpha value is -1.29. The maximum atomic E-state index is 11.8. The van der Waals surface area contributed by atoms with Crippen LogP contribution in [-0.4, -0.2) is 44.5 Å². The van der Waals surface area contributed by atoms with E-state index < -0.39 is 43.6 Å². The highest BCUT2D eigenvalue weighted by atomic mass is 31.2. The molecule has 1 fully saturated rings. The molecule has 0 aliphatic carbocycles. The average Bonchev–Trinajstić information content (AvgIpc) is 2.80. The highest BCUT2D eigenvalue weighted by Crippen LogP contribution is 2.45. The minimum atomic E-state index is -4.25. The first-order chi connectivity index (χ1) is 11.1. The number of aryl methyl sites for hydroxylation is 1. The molecule has 1 aliphatic heterocycles. The van der Waals surface area contributed by atoms with Crippen LogP contribution in [0.15, 0.2) is 15.8 Å². The SMILES string of the molecule is Cc1cn([C@H]2C[C@H](O)[C@@H](COP(=O)(O)OC(C)C)O2)c(=O)[nH]c1=O. The second-order valence-electron chi connectivity index (χ2n) is 5.83. The number of aliphatic hydroxyl groups excluding tert-OH is 1. The zero-order valence-corrected chi connectivity index (χ0v) is 14.4. The summed E-state index contributed by atoms with van der Waals surface area (Å²) in [6.07, 6.45) is -1.84. The lowest BCUT2D eigenvalue weighted by Gasteiger charge is -2.19. The molecule has 0 spiro atoms. The molecule has 1 aromatic heterocycles. The molecule has 2 heterocycles. The smallest absolute Gasteiger partial charge is 0.390 e. The molecule has 11 heteroatoms. The Morgan fingerprint density at radius 1 is 1.50 bits per heavy atom.